The maximum absolute atomic E-state index is 10.6. The van der Waals surface area contributed by atoms with Gasteiger partial charge in [0.1, 0.15) is 11.7 Å². The van der Waals surface area contributed by atoms with E-state index in [2.05, 4.69) is 11.8 Å². The van der Waals surface area contributed by atoms with E-state index >= 15 is 0 Å². The molecule has 1 aliphatic rings. The predicted octanol–water partition coefficient (Wildman–Crippen LogP) is 0.919. The minimum Gasteiger partial charge on any atom is -0.393 e. The Morgan fingerprint density at radius 1 is 1.38 bits per heavy atom. The first-order valence-corrected chi connectivity index (χ1v) is 5.80. The third-order valence-electron chi connectivity index (χ3n) is 3.59. The van der Waals surface area contributed by atoms with Crippen LogP contribution in [0.5, 0.6) is 0 Å². The van der Waals surface area contributed by atoms with E-state index in [1.807, 2.05) is 20.8 Å². The Morgan fingerprint density at radius 2 is 1.94 bits per heavy atom. The van der Waals surface area contributed by atoms with Crippen molar-refractivity contribution in [2.75, 3.05) is 0 Å². The molecule has 3 heteroatoms. The lowest BCUT2D eigenvalue weighted by molar-refractivity contribution is -0.121. The standard InChI is InChI=1S/C13H22O3/c1-9-7-11(15)8-12(3,4)13(9,16)6-5-10(2)14/h9-11,14-16H,7-8H2,1-4H3/t9-,10+,11-,13-/m0/s1. The van der Waals surface area contributed by atoms with Gasteiger partial charge in [-0.2, -0.15) is 0 Å². The minimum atomic E-state index is -1.14. The molecule has 1 rings (SSSR count). The van der Waals surface area contributed by atoms with Crippen LogP contribution in [0.1, 0.15) is 40.5 Å². The topological polar surface area (TPSA) is 60.7 Å². The van der Waals surface area contributed by atoms with Gasteiger partial charge < -0.3 is 15.3 Å². The highest BCUT2D eigenvalue weighted by molar-refractivity contribution is 5.23. The van der Waals surface area contributed by atoms with Crippen molar-refractivity contribution < 1.29 is 15.3 Å². The van der Waals surface area contributed by atoms with E-state index in [1.54, 1.807) is 6.92 Å². The first-order valence-electron chi connectivity index (χ1n) is 5.80. The van der Waals surface area contributed by atoms with Crippen LogP contribution in [0, 0.1) is 23.2 Å². The molecule has 0 aromatic rings. The van der Waals surface area contributed by atoms with Crippen LogP contribution in [0.15, 0.2) is 0 Å². The molecule has 1 aliphatic carbocycles. The molecule has 1 fully saturated rings. The Balaban J connectivity index is 3.04. The molecule has 0 amide bonds. The van der Waals surface area contributed by atoms with Gasteiger partial charge in [-0.05, 0) is 25.7 Å². The fourth-order valence-electron chi connectivity index (χ4n) is 2.58. The summed E-state index contributed by atoms with van der Waals surface area (Å²) in [4.78, 5) is 0. The van der Waals surface area contributed by atoms with Crippen LogP contribution in [0.25, 0.3) is 0 Å². The SMILES string of the molecule is C[C@@H](O)C#C[C@]1(O)[C@@H](C)C[C@H](O)CC1(C)C. The monoisotopic (exact) mass is 226 g/mol. The number of aliphatic hydroxyl groups is 3. The van der Waals surface area contributed by atoms with Crippen molar-refractivity contribution >= 4 is 0 Å². The Kier molecular flexibility index (Phi) is 3.69. The minimum absolute atomic E-state index is 0.0995. The molecule has 0 unspecified atom stereocenters. The molecule has 0 heterocycles. The van der Waals surface area contributed by atoms with E-state index in [4.69, 9.17) is 0 Å². The van der Waals surface area contributed by atoms with Crippen LogP contribution in [-0.2, 0) is 0 Å². The molecule has 1 saturated carbocycles. The van der Waals surface area contributed by atoms with Crippen LogP contribution >= 0.6 is 0 Å². The van der Waals surface area contributed by atoms with Crippen molar-refractivity contribution in [1.82, 2.24) is 0 Å². The van der Waals surface area contributed by atoms with Gasteiger partial charge in [0, 0.05) is 5.41 Å². The van der Waals surface area contributed by atoms with Crippen molar-refractivity contribution in [2.45, 2.75) is 58.3 Å². The lowest BCUT2D eigenvalue weighted by Crippen LogP contribution is -2.54. The van der Waals surface area contributed by atoms with Gasteiger partial charge in [0.05, 0.1) is 6.10 Å². The van der Waals surface area contributed by atoms with Crippen molar-refractivity contribution in [3.05, 3.63) is 0 Å². The first kappa shape index (κ1) is 13.5. The molecule has 3 nitrogen and oxygen atoms in total. The molecule has 0 bridgehead atoms. The largest absolute Gasteiger partial charge is 0.393 e. The molecule has 0 aromatic carbocycles. The lowest BCUT2D eigenvalue weighted by Gasteiger charge is -2.48. The van der Waals surface area contributed by atoms with Crippen LogP contribution < -0.4 is 0 Å². The molecule has 3 N–H and O–H groups in total. The van der Waals surface area contributed by atoms with E-state index in [-0.39, 0.29) is 12.0 Å². The number of hydrogen-bond acceptors (Lipinski definition) is 3. The summed E-state index contributed by atoms with van der Waals surface area (Å²) in [6.07, 6.45) is -0.0333. The van der Waals surface area contributed by atoms with Crippen molar-refractivity contribution in [2.24, 2.45) is 11.3 Å². The molecule has 0 spiro atoms. The van der Waals surface area contributed by atoms with Crippen molar-refractivity contribution in [3.63, 3.8) is 0 Å². The molecule has 0 aromatic heterocycles. The third kappa shape index (κ3) is 2.40. The van der Waals surface area contributed by atoms with Gasteiger partial charge >= 0.3 is 0 Å². The highest BCUT2D eigenvalue weighted by atomic mass is 16.3. The average Bonchev–Trinajstić information content (AvgIpc) is 2.10. The van der Waals surface area contributed by atoms with Gasteiger partial charge in [0.15, 0.2) is 0 Å². The summed E-state index contributed by atoms with van der Waals surface area (Å²) >= 11 is 0. The summed E-state index contributed by atoms with van der Waals surface area (Å²) in [6, 6.07) is 0. The second kappa shape index (κ2) is 4.37. The number of aliphatic hydroxyl groups excluding tert-OH is 2. The zero-order valence-corrected chi connectivity index (χ0v) is 10.5. The molecule has 0 aliphatic heterocycles. The van der Waals surface area contributed by atoms with E-state index in [1.165, 1.54) is 0 Å². The number of hydrogen-bond donors (Lipinski definition) is 3. The van der Waals surface area contributed by atoms with Crippen molar-refractivity contribution in [1.29, 1.82) is 0 Å². The zero-order chi connectivity index (χ0) is 12.6. The second-order valence-electron chi connectivity index (χ2n) is 5.59. The van der Waals surface area contributed by atoms with Crippen LogP contribution in [-0.4, -0.2) is 33.1 Å². The van der Waals surface area contributed by atoms with E-state index < -0.39 is 17.1 Å². The third-order valence-corrected chi connectivity index (χ3v) is 3.59. The molecule has 0 saturated heterocycles. The van der Waals surface area contributed by atoms with Crippen molar-refractivity contribution in [3.8, 4) is 11.8 Å². The van der Waals surface area contributed by atoms with Gasteiger partial charge in [-0.3, -0.25) is 0 Å². The Bertz CT molecular complexity index is 311. The van der Waals surface area contributed by atoms with Gasteiger partial charge in [-0.1, -0.05) is 32.6 Å². The molecular weight excluding hydrogens is 204 g/mol. The summed E-state index contributed by atoms with van der Waals surface area (Å²) in [7, 11) is 0. The molecule has 0 radical (unpaired) electrons. The Labute approximate surface area is 97.5 Å². The maximum atomic E-state index is 10.6. The van der Waals surface area contributed by atoms with Gasteiger partial charge in [0.25, 0.3) is 0 Å². The smallest absolute Gasteiger partial charge is 0.133 e. The fraction of sp³-hybridized carbons (Fsp3) is 0.846. The number of rotatable bonds is 0. The van der Waals surface area contributed by atoms with Crippen LogP contribution in [0.2, 0.25) is 0 Å². The molecular formula is C13H22O3. The normalized spacial score (nSPS) is 39.7. The summed E-state index contributed by atoms with van der Waals surface area (Å²) in [5, 5.41) is 29.5. The highest BCUT2D eigenvalue weighted by Gasteiger charge is 2.51. The average molecular weight is 226 g/mol. The van der Waals surface area contributed by atoms with Gasteiger partial charge in [-0.15, -0.1) is 0 Å². The fourth-order valence-corrected chi connectivity index (χ4v) is 2.58. The van der Waals surface area contributed by atoms with E-state index in [0.29, 0.717) is 12.8 Å². The molecule has 4 atom stereocenters. The molecule has 92 valence electrons. The van der Waals surface area contributed by atoms with Crippen LogP contribution in [0.4, 0.5) is 0 Å². The Morgan fingerprint density at radius 3 is 2.38 bits per heavy atom. The summed E-state index contributed by atoms with van der Waals surface area (Å²) < 4.78 is 0. The quantitative estimate of drug-likeness (QED) is 0.538. The predicted molar refractivity (Wildman–Crippen MR) is 62.6 cm³/mol. The second-order valence-corrected chi connectivity index (χ2v) is 5.59. The summed E-state index contributed by atoms with van der Waals surface area (Å²) in [5.74, 6) is 5.33. The molecule has 16 heavy (non-hydrogen) atoms. The summed E-state index contributed by atoms with van der Waals surface area (Å²) in [6.45, 7) is 7.28. The Hall–Kier alpha value is -0.560. The lowest BCUT2D eigenvalue weighted by atomic mass is 9.60. The van der Waals surface area contributed by atoms with Gasteiger partial charge in [0.2, 0.25) is 0 Å². The summed E-state index contributed by atoms with van der Waals surface area (Å²) in [5.41, 5.74) is -1.60. The van der Waals surface area contributed by atoms with E-state index in [0.717, 1.165) is 0 Å². The van der Waals surface area contributed by atoms with Crippen LogP contribution in [0.3, 0.4) is 0 Å². The highest BCUT2D eigenvalue weighted by Crippen LogP contribution is 2.46. The van der Waals surface area contributed by atoms with E-state index in [9.17, 15) is 15.3 Å². The zero-order valence-electron chi connectivity index (χ0n) is 10.5. The maximum Gasteiger partial charge on any atom is 0.133 e. The first-order chi connectivity index (χ1) is 7.19. The van der Waals surface area contributed by atoms with Gasteiger partial charge in [-0.25, -0.2) is 0 Å².